The van der Waals surface area contributed by atoms with Crippen LogP contribution in [0.25, 0.3) is 0 Å². The maximum absolute atomic E-state index is 13.0. The van der Waals surface area contributed by atoms with Crippen molar-refractivity contribution in [1.29, 1.82) is 0 Å². The molecule has 26 heavy (non-hydrogen) atoms. The summed E-state index contributed by atoms with van der Waals surface area (Å²) in [6.07, 6.45) is 0.453. The maximum Gasteiger partial charge on any atom is 0.305 e. The Morgan fingerprint density at radius 1 is 1.35 bits per heavy atom. The fourth-order valence-corrected chi connectivity index (χ4v) is 4.24. The summed E-state index contributed by atoms with van der Waals surface area (Å²) in [6.45, 7) is 2.02. The fourth-order valence-electron chi connectivity index (χ4n) is 3.09. The molecule has 0 saturated carbocycles. The zero-order chi connectivity index (χ0) is 19.3. The number of anilines is 1. The Labute approximate surface area is 153 Å². The highest BCUT2D eigenvalue weighted by Crippen LogP contribution is 2.27. The molecule has 1 saturated heterocycles. The molecule has 1 aliphatic heterocycles. The van der Waals surface area contributed by atoms with Gasteiger partial charge in [-0.15, -0.1) is 0 Å². The summed E-state index contributed by atoms with van der Waals surface area (Å²) in [5.74, 6) is -1.46. The van der Waals surface area contributed by atoms with Gasteiger partial charge < -0.3 is 14.7 Å². The van der Waals surface area contributed by atoms with Gasteiger partial charge in [-0.25, -0.2) is 8.42 Å². The van der Waals surface area contributed by atoms with Crippen LogP contribution in [0.1, 0.15) is 36.5 Å². The van der Waals surface area contributed by atoms with Crippen LogP contribution in [0.3, 0.4) is 0 Å². The lowest BCUT2D eigenvalue weighted by Crippen LogP contribution is -2.37. The first-order valence-electron chi connectivity index (χ1n) is 8.42. The number of amides is 1. The molecule has 144 valence electrons. The average Bonchev–Trinajstić information content (AvgIpc) is 2.96. The van der Waals surface area contributed by atoms with E-state index in [0.29, 0.717) is 12.8 Å². The molecule has 1 amide bonds. The lowest BCUT2D eigenvalue weighted by atomic mass is 10.1. The topological polar surface area (TPSA) is 113 Å². The smallest absolute Gasteiger partial charge is 0.305 e. The predicted octanol–water partition coefficient (Wildman–Crippen LogP) is 1.54. The molecule has 9 heteroatoms. The Hall–Kier alpha value is -2.13. The Morgan fingerprint density at radius 2 is 2.04 bits per heavy atom. The van der Waals surface area contributed by atoms with E-state index in [1.807, 2.05) is 0 Å². The van der Waals surface area contributed by atoms with Crippen LogP contribution in [0.5, 0.6) is 0 Å². The molecule has 2 atom stereocenters. The van der Waals surface area contributed by atoms with E-state index in [1.54, 1.807) is 19.1 Å². The number of carbonyl (C=O) groups excluding carboxylic acids is 1. The number of carbonyl (C=O) groups is 2. The number of ether oxygens (including phenoxy) is 1. The van der Waals surface area contributed by atoms with Gasteiger partial charge in [-0.05, 0) is 25.0 Å². The van der Waals surface area contributed by atoms with Crippen LogP contribution in [-0.2, 0) is 19.6 Å². The molecule has 0 spiro atoms. The van der Waals surface area contributed by atoms with Crippen molar-refractivity contribution in [3.63, 3.8) is 0 Å². The van der Waals surface area contributed by atoms with E-state index >= 15 is 0 Å². The van der Waals surface area contributed by atoms with Gasteiger partial charge in [-0.2, -0.15) is 0 Å². The first kappa shape index (κ1) is 20.2. The number of likely N-dealkylation sites (tertiary alicyclic amines) is 1. The Kier molecular flexibility index (Phi) is 6.60. The van der Waals surface area contributed by atoms with E-state index in [0.717, 1.165) is 0 Å². The molecule has 0 bridgehead atoms. The molecule has 0 aliphatic carbocycles. The van der Waals surface area contributed by atoms with E-state index in [4.69, 9.17) is 9.84 Å². The molecular formula is C17H24N2O6S. The number of hydrogen-bond acceptors (Lipinski definition) is 5. The van der Waals surface area contributed by atoms with Crippen LogP contribution < -0.4 is 4.72 Å². The van der Waals surface area contributed by atoms with Crippen LogP contribution in [0.2, 0.25) is 0 Å². The van der Waals surface area contributed by atoms with Crippen LogP contribution >= 0.6 is 0 Å². The molecular weight excluding hydrogens is 360 g/mol. The van der Waals surface area contributed by atoms with Crippen LogP contribution in [0.15, 0.2) is 24.3 Å². The van der Waals surface area contributed by atoms with Crippen molar-refractivity contribution >= 4 is 27.6 Å². The highest BCUT2D eigenvalue weighted by Gasteiger charge is 2.37. The molecule has 1 heterocycles. The summed E-state index contributed by atoms with van der Waals surface area (Å²) in [5, 5.41) is 9.10. The minimum atomic E-state index is -3.55. The zero-order valence-corrected chi connectivity index (χ0v) is 15.7. The van der Waals surface area contributed by atoms with Crippen LogP contribution in [0, 0.1) is 0 Å². The summed E-state index contributed by atoms with van der Waals surface area (Å²) >= 11 is 0. The molecule has 8 nitrogen and oxygen atoms in total. The van der Waals surface area contributed by atoms with E-state index in [1.165, 1.54) is 24.1 Å². The molecule has 2 unspecified atom stereocenters. The summed E-state index contributed by atoms with van der Waals surface area (Å²) in [6, 6.07) is 5.84. The number of sulfonamides is 1. The van der Waals surface area contributed by atoms with E-state index in [9.17, 15) is 18.0 Å². The van der Waals surface area contributed by atoms with Crippen molar-refractivity contribution < 1.29 is 27.9 Å². The quantitative estimate of drug-likeness (QED) is 0.703. The summed E-state index contributed by atoms with van der Waals surface area (Å²) < 4.78 is 31.9. The summed E-state index contributed by atoms with van der Waals surface area (Å²) in [4.78, 5) is 25.6. The van der Waals surface area contributed by atoms with Crippen molar-refractivity contribution in [3.8, 4) is 0 Å². The van der Waals surface area contributed by atoms with Gasteiger partial charge >= 0.3 is 5.97 Å². The van der Waals surface area contributed by atoms with E-state index in [-0.39, 0.29) is 36.1 Å². The number of hydrogen-bond donors (Lipinski definition) is 2. The van der Waals surface area contributed by atoms with Crippen molar-refractivity contribution in [2.75, 3.05) is 24.1 Å². The number of aliphatic carboxylic acids is 1. The SMILES string of the molecule is CCCS(=O)(=O)Nc1ccccc1C(=O)N1CC(OC)CC1CC(=O)O. The third kappa shape index (κ3) is 4.95. The molecule has 1 fully saturated rings. The van der Waals surface area contributed by atoms with Gasteiger partial charge in [0.1, 0.15) is 0 Å². The van der Waals surface area contributed by atoms with Gasteiger partial charge in [0.2, 0.25) is 10.0 Å². The Bertz CT molecular complexity index is 764. The second-order valence-corrected chi connectivity index (χ2v) is 8.11. The highest BCUT2D eigenvalue weighted by molar-refractivity contribution is 7.92. The number of nitrogens with one attached hydrogen (secondary N) is 1. The maximum atomic E-state index is 13.0. The standard InChI is InChI=1S/C17H24N2O6S/c1-3-8-26(23,24)18-15-7-5-4-6-14(15)17(22)19-11-13(25-2)9-12(19)10-16(20)21/h4-7,12-13,18H,3,8-11H2,1-2H3,(H,20,21). The van der Waals surface area contributed by atoms with Crippen molar-refractivity contribution in [3.05, 3.63) is 29.8 Å². The number of carboxylic acids is 1. The number of benzene rings is 1. The lowest BCUT2D eigenvalue weighted by Gasteiger charge is -2.24. The largest absolute Gasteiger partial charge is 0.481 e. The number of rotatable bonds is 8. The van der Waals surface area contributed by atoms with Crippen LogP contribution in [-0.4, -0.2) is 61.9 Å². The third-order valence-electron chi connectivity index (χ3n) is 4.28. The predicted molar refractivity (Wildman–Crippen MR) is 96.6 cm³/mol. The minimum absolute atomic E-state index is 0.0490. The van der Waals surface area contributed by atoms with Crippen molar-refractivity contribution in [1.82, 2.24) is 4.90 Å². The first-order valence-corrected chi connectivity index (χ1v) is 10.1. The number of para-hydroxylation sites is 1. The lowest BCUT2D eigenvalue weighted by molar-refractivity contribution is -0.138. The van der Waals surface area contributed by atoms with Gasteiger partial charge in [0, 0.05) is 19.7 Å². The monoisotopic (exact) mass is 384 g/mol. The van der Waals surface area contributed by atoms with E-state index in [2.05, 4.69) is 4.72 Å². The second kappa shape index (κ2) is 8.50. The highest BCUT2D eigenvalue weighted by atomic mass is 32.2. The normalized spacial score (nSPS) is 20.2. The molecule has 0 radical (unpaired) electrons. The third-order valence-corrected chi connectivity index (χ3v) is 5.75. The van der Waals surface area contributed by atoms with Gasteiger partial charge in [0.15, 0.2) is 0 Å². The molecule has 1 aromatic rings. The van der Waals surface area contributed by atoms with Crippen molar-refractivity contribution in [2.24, 2.45) is 0 Å². The molecule has 2 rings (SSSR count). The van der Waals surface area contributed by atoms with Gasteiger partial charge in [-0.1, -0.05) is 19.1 Å². The molecule has 0 aromatic heterocycles. The minimum Gasteiger partial charge on any atom is -0.481 e. The number of nitrogens with zero attached hydrogens (tertiary/aromatic N) is 1. The van der Waals surface area contributed by atoms with Crippen molar-refractivity contribution in [2.45, 2.75) is 38.3 Å². The average molecular weight is 384 g/mol. The zero-order valence-electron chi connectivity index (χ0n) is 14.8. The molecule has 1 aromatic carbocycles. The summed E-state index contributed by atoms with van der Waals surface area (Å²) in [5.41, 5.74) is 0.389. The molecule has 2 N–H and O–H groups in total. The summed E-state index contributed by atoms with van der Waals surface area (Å²) in [7, 11) is -2.03. The second-order valence-electron chi connectivity index (χ2n) is 6.27. The Balaban J connectivity index is 2.29. The molecule has 1 aliphatic rings. The van der Waals surface area contributed by atoms with Crippen LogP contribution in [0.4, 0.5) is 5.69 Å². The van der Waals surface area contributed by atoms with Gasteiger partial charge in [0.05, 0.1) is 29.5 Å². The number of methoxy groups -OCH3 is 1. The van der Waals surface area contributed by atoms with Gasteiger partial charge in [-0.3, -0.25) is 14.3 Å². The van der Waals surface area contributed by atoms with Gasteiger partial charge in [0.25, 0.3) is 5.91 Å². The Morgan fingerprint density at radius 3 is 2.65 bits per heavy atom. The first-order chi connectivity index (χ1) is 12.3. The van der Waals surface area contributed by atoms with E-state index < -0.39 is 27.9 Å². The fraction of sp³-hybridized carbons (Fsp3) is 0.529. The number of carboxylic acid groups (broad SMARTS) is 1.